The molecular formula is C15H20ClN3O. The van der Waals surface area contributed by atoms with Gasteiger partial charge in [0, 0.05) is 24.4 Å². The third-order valence-electron chi connectivity index (χ3n) is 3.03. The average Bonchev–Trinajstić information content (AvgIpc) is 2.86. The summed E-state index contributed by atoms with van der Waals surface area (Å²) >= 11 is 5.89. The van der Waals surface area contributed by atoms with Gasteiger partial charge in [-0.25, -0.2) is 0 Å². The van der Waals surface area contributed by atoms with Crippen LogP contribution in [0.2, 0.25) is 5.02 Å². The van der Waals surface area contributed by atoms with E-state index in [1.165, 1.54) is 5.56 Å². The topological polar surface area (TPSA) is 39.1 Å². The smallest absolute Gasteiger partial charge is 0.0728 e. The zero-order valence-corrected chi connectivity index (χ0v) is 12.6. The first kappa shape index (κ1) is 14.9. The fourth-order valence-electron chi connectivity index (χ4n) is 2.05. The molecule has 1 N–H and O–H groups in total. The van der Waals surface area contributed by atoms with Crippen molar-refractivity contribution in [3.8, 4) is 0 Å². The van der Waals surface area contributed by atoms with E-state index in [9.17, 15) is 0 Å². The Labute approximate surface area is 124 Å². The summed E-state index contributed by atoms with van der Waals surface area (Å²) in [5, 5.41) is 8.50. The van der Waals surface area contributed by atoms with Gasteiger partial charge in [0.15, 0.2) is 0 Å². The number of anilines is 1. The summed E-state index contributed by atoms with van der Waals surface area (Å²) in [6.07, 6.45) is 4.78. The summed E-state index contributed by atoms with van der Waals surface area (Å²) in [5.74, 6) is 0. The van der Waals surface area contributed by atoms with Gasteiger partial charge in [-0.2, -0.15) is 5.10 Å². The summed E-state index contributed by atoms with van der Waals surface area (Å²) in [7, 11) is 1.69. The van der Waals surface area contributed by atoms with E-state index in [2.05, 4.69) is 29.5 Å². The van der Waals surface area contributed by atoms with E-state index in [1.807, 2.05) is 29.2 Å². The van der Waals surface area contributed by atoms with E-state index in [-0.39, 0.29) is 0 Å². The maximum absolute atomic E-state index is 5.89. The number of aromatic nitrogens is 2. The van der Waals surface area contributed by atoms with Crippen molar-refractivity contribution in [2.75, 3.05) is 19.0 Å². The molecular weight excluding hydrogens is 274 g/mol. The van der Waals surface area contributed by atoms with Crippen molar-refractivity contribution >= 4 is 17.3 Å². The lowest BCUT2D eigenvalue weighted by atomic mass is 10.1. The van der Waals surface area contributed by atoms with Gasteiger partial charge in [-0.3, -0.25) is 4.68 Å². The van der Waals surface area contributed by atoms with Crippen LogP contribution in [0.1, 0.15) is 12.5 Å². The number of nitrogens with zero attached hydrogens (tertiary/aromatic N) is 2. The van der Waals surface area contributed by atoms with Crippen LogP contribution >= 0.6 is 11.6 Å². The van der Waals surface area contributed by atoms with Crippen molar-refractivity contribution in [2.24, 2.45) is 0 Å². The molecule has 0 bridgehead atoms. The Morgan fingerprint density at radius 3 is 2.80 bits per heavy atom. The second kappa shape index (κ2) is 7.31. The van der Waals surface area contributed by atoms with Crippen LogP contribution in [-0.4, -0.2) is 29.5 Å². The van der Waals surface area contributed by atoms with Crippen LogP contribution in [0.3, 0.4) is 0 Å². The van der Waals surface area contributed by atoms with Crippen LogP contribution in [0, 0.1) is 0 Å². The van der Waals surface area contributed by atoms with Crippen molar-refractivity contribution in [3.63, 3.8) is 0 Å². The molecule has 2 rings (SSSR count). The third-order valence-corrected chi connectivity index (χ3v) is 3.28. The van der Waals surface area contributed by atoms with Crippen molar-refractivity contribution < 1.29 is 4.74 Å². The number of benzene rings is 1. The number of hydrogen-bond acceptors (Lipinski definition) is 3. The second-order valence-electron chi connectivity index (χ2n) is 4.86. The van der Waals surface area contributed by atoms with Crippen LogP contribution in [0.15, 0.2) is 36.7 Å². The van der Waals surface area contributed by atoms with Gasteiger partial charge in [-0.15, -0.1) is 0 Å². The highest BCUT2D eigenvalue weighted by atomic mass is 35.5. The molecule has 1 aromatic heterocycles. The molecule has 5 heteroatoms. The quantitative estimate of drug-likeness (QED) is 0.852. The SMILES string of the molecule is COCCn1cc(NC(C)Cc2ccc(Cl)cc2)cn1. The molecule has 0 saturated heterocycles. The average molecular weight is 294 g/mol. The first-order chi connectivity index (χ1) is 9.67. The Bertz CT molecular complexity index is 524. The van der Waals surface area contributed by atoms with Crippen LogP contribution in [-0.2, 0) is 17.7 Å². The van der Waals surface area contributed by atoms with E-state index in [0.717, 1.165) is 23.7 Å². The van der Waals surface area contributed by atoms with E-state index in [4.69, 9.17) is 16.3 Å². The van der Waals surface area contributed by atoms with Gasteiger partial charge < -0.3 is 10.1 Å². The molecule has 0 aliphatic carbocycles. The molecule has 0 fully saturated rings. The lowest BCUT2D eigenvalue weighted by molar-refractivity contribution is 0.183. The highest BCUT2D eigenvalue weighted by Crippen LogP contribution is 2.13. The first-order valence-corrected chi connectivity index (χ1v) is 7.07. The number of methoxy groups -OCH3 is 1. The van der Waals surface area contributed by atoms with Crippen LogP contribution in [0.5, 0.6) is 0 Å². The van der Waals surface area contributed by atoms with Crippen LogP contribution < -0.4 is 5.32 Å². The molecule has 0 saturated carbocycles. The molecule has 0 aliphatic heterocycles. The molecule has 1 atom stereocenters. The number of ether oxygens (including phenoxy) is 1. The molecule has 4 nitrogen and oxygen atoms in total. The van der Waals surface area contributed by atoms with E-state index in [0.29, 0.717) is 12.6 Å². The Kier molecular flexibility index (Phi) is 5.44. The van der Waals surface area contributed by atoms with Gasteiger partial charge in [0.1, 0.15) is 0 Å². The Morgan fingerprint density at radius 1 is 1.35 bits per heavy atom. The second-order valence-corrected chi connectivity index (χ2v) is 5.30. The largest absolute Gasteiger partial charge is 0.383 e. The van der Waals surface area contributed by atoms with Crippen molar-refractivity contribution in [2.45, 2.75) is 25.9 Å². The number of nitrogens with one attached hydrogen (secondary N) is 1. The molecule has 0 radical (unpaired) electrons. The standard InChI is InChI=1S/C15H20ClN3O/c1-12(9-13-3-5-14(16)6-4-13)18-15-10-17-19(11-15)7-8-20-2/h3-6,10-12,18H,7-9H2,1-2H3. The summed E-state index contributed by atoms with van der Waals surface area (Å²) in [4.78, 5) is 0. The molecule has 0 amide bonds. The predicted octanol–water partition coefficient (Wildman–Crippen LogP) is 3.23. The van der Waals surface area contributed by atoms with Gasteiger partial charge in [0.05, 0.1) is 25.0 Å². The van der Waals surface area contributed by atoms with E-state index >= 15 is 0 Å². The minimum absolute atomic E-state index is 0.330. The zero-order chi connectivity index (χ0) is 14.4. The molecule has 1 aromatic carbocycles. The zero-order valence-electron chi connectivity index (χ0n) is 11.8. The molecule has 0 aliphatic rings. The van der Waals surface area contributed by atoms with Crippen LogP contribution in [0.25, 0.3) is 0 Å². The lowest BCUT2D eigenvalue weighted by Crippen LogP contribution is -2.17. The summed E-state index contributed by atoms with van der Waals surface area (Å²) in [5.41, 5.74) is 2.30. The Balaban J connectivity index is 1.86. The number of halogens is 1. The van der Waals surface area contributed by atoms with Gasteiger partial charge in [-0.05, 0) is 31.0 Å². The monoisotopic (exact) mass is 293 g/mol. The fraction of sp³-hybridized carbons (Fsp3) is 0.400. The molecule has 1 unspecified atom stereocenters. The lowest BCUT2D eigenvalue weighted by Gasteiger charge is -2.13. The summed E-state index contributed by atoms with van der Waals surface area (Å²) in [6, 6.07) is 8.29. The minimum atomic E-state index is 0.330. The maximum atomic E-state index is 5.89. The summed E-state index contributed by atoms with van der Waals surface area (Å²) < 4.78 is 6.91. The first-order valence-electron chi connectivity index (χ1n) is 6.70. The summed E-state index contributed by atoms with van der Waals surface area (Å²) in [6.45, 7) is 3.59. The Morgan fingerprint density at radius 2 is 2.10 bits per heavy atom. The van der Waals surface area contributed by atoms with Gasteiger partial charge >= 0.3 is 0 Å². The van der Waals surface area contributed by atoms with Crippen molar-refractivity contribution in [1.29, 1.82) is 0 Å². The molecule has 2 aromatic rings. The highest BCUT2D eigenvalue weighted by Gasteiger charge is 2.05. The molecule has 1 heterocycles. The minimum Gasteiger partial charge on any atom is -0.383 e. The van der Waals surface area contributed by atoms with Gasteiger partial charge in [0.2, 0.25) is 0 Å². The van der Waals surface area contributed by atoms with E-state index in [1.54, 1.807) is 7.11 Å². The molecule has 20 heavy (non-hydrogen) atoms. The van der Waals surface area contributed by atoms with Crippen LogP contribution in [0.4, 0.5) is 5.69 Å². The predicted molar refractivity (Wildman–Crippen MR) is 82.3 cm³/mol. The maximum Gasteiger partial charge on any atom is 0.0728 e. The van der Waals surface area contributed by atoms with Crippen molar-refractivity contribution in [1.82, 2.24) is 9.78 Å². The Hall–Kier alpha value is -1.52. The molecule has 0 spiro atoms. The van der Waals surface area contributed by atoms with Gasteiger partial charge in [-0.1, -0.05) is 23.7 Å². The van der Waals surface area contributed by atoms with Gasteiger partial charge in [0.25, 0.3) is 0 Å². The normalized spacial score (nSPS) is 12.3. The van der Waals surface area contributed by atoms with Crippen molar-refractivity contribution in [3.05, 3.63) is 47.2 Å². The van der Waals surface area contributed by atoms with E-state index < -0.39 is 0 Å². The number of hydrogen-bond donors (Lipinski definition) is 1. The highest BCUT2D eigenvalue weighted by molar-refractivity contribution is 6.30. The molecule has 108 valence electrons. The number of rotatable bonds is 7. The third kappa shape index (κ3) is 4.54. The fourth-order valence-corrected chi connectivity index (χ4v) is 2.18.